The predicted octanol–water partition coefficient (Wildman–Crippen LogP) is 3.74. The molecule has 2 aromatic carbocycles. The molecule has 6 nitrogen and oxygen atoms in total. The summed E-state index contributed by atoms with van der Waals surface area (Å²) in [6.07, 6.45) is 2.99. The van der Waals surface area contributed by atoms with E-state index >= 15 is 0 Å². The van der Waals surface area contributed by atoms with Crippen LogP contribution in [0.1, 0.15) is 24.5 Å². The molecule has 0 saturated carbocycles. The van der Waals surface area contributed by atoms with Crippen LogP contribution in [0.3, 0.4) is 0 Å². The number of aliphatic hydroxyl groups is 1. The number of aliphatic hydroxyl groups excluding tert-OH is 1. The Labute approximate surface area is 169 Å². The number of anilines is 1. The summed E-state index contributed by atoms with van der Waals surface area (Å²) in [7, 11) is 0. The Bertz CT molecular complexity index is 1090. The van der Waals surface area contributed by atoms with Gasteiger partial charge in [0.1, 0.15) is 12.1 Å². The molecular formula is C23H23N5O. The lowest BCUT2D eigenvalue weighted by Gasteiger charge is -2.35. The number of nitrogens with zero attached hydrogens (tertiary/aromatic N) is 5. The highest BCUT2D eigenvalue weighted by molar-refractivity contribution is 5.65. The van der Waals surface area contributed by atoms with Gasteiger partial charge in [0.2, 0.25) is 0 Å². The van der Waals surface area contributed by atoms with Crippen LogP contribution in [0.5, 0.6) is 0 Å². The summed E-state index contributed by atoms with van der Waals surface area (Å²) < 4.78 is 1.81. The third-order valence-electron chi connectivity index (χ3n) is 5.75. The fourth-order valence-electron chi connectivity index (χ4n) is 4.15. The number of aromatic nitrogens is 4. The number of hydrogen-bond acceptors (Lipinski definition) is 5. The molecule has 6 heteroatoms. The topological polar surface area (TPSA) is 66.5 Å². The maximum Gasteiger partial charge on any atom is 0.254 e. The molecule has 1 atom stereocenters. The summed E-state index contributed by atoms with van der Waals surface area (Å²) in [6, 6.07) is 22.2. The van der Waals surface area contributed by atoms with Crippen LogP contribution < -0.4 is 4.90 Å². The molecule has 1 saturated heterocycles. The third kappa shape index (κ3) is 3.47. The van der Waals surface area contributed by atoms with E-state index in [0.717, 1.165) is 48.6 Å². The van der Waals surface area contributed by atoms with Crippen molar-refractivity contribution in [2.75, 3.05) is 18.0 Å². The van der Waals surface area contributed by atoms with E-state index in [1.807, 2.05) is 48.5 Å². The molecule has 2 aromatic heterocycles. The van der Waals surface area contributed by atoms with Crippen molar-refractivity contribution in [1.82, 2.24) is 19.6 Å². The molecule has 4 aromatic rings. The van der Waals surface area contributed by atoms with Gasteiger partial charge in [0, 0.05) is 24.7 Å². The standard InChI is InChI=1S/C23H23N5O/c29-22(18-9-5-2-6-10-18)19-11-13-27(14-12-19)21-15-20(17-7-3-1-4-8-17)26-23-24-16-25-28(21)23/h1-10,15-16,19,22,29H,11-14H2. The van der Waals surface area contributed by atoms with E-state index in [9.17, 15) is 5.11 Å². The van der Waals surface area contributed by atoms with Gasteiger partial charge >= 0.3 is 0 Å². The Morgan fingerprint density at radius 3 is 2.34 bits per heavy atom. The summed E-state index contributed by atoms with van der Waals surface area (Å²) in [5.74, 6) is 1.86. The lowest BCUT2D eigenvalue weighted by Crippen LogP contribution is -2.36. The van der Waals surface area contributed by atoms with Crippen LogP contribution in [-0.2, 0) is 0 Å². The fraction of sp³-hybridized carbons (Fsp3) is 0.261. The average molecular weight is 385 g/mol. The molecule has 1 aliphatic heterocycles. The van der Waals surface area contributed by atoms with Crippen LogP contribution in [0, 0.1) is 5.92 Å². The first-order chi connectivity index (χ1) is 14.3. The maximum absolute atomic E-state index is 10.8. The molecule has 1 fully saturated rings. The number of benzene rings is 2. The molecule has 29 heavy (non-hydrogen) atoms. The number of hydrogen-bond donors (Lipinski definition) is 1. The lowest BCUT2D eigenvalue weighted by atomic mass is 9.87. The Hall–Kier alpha value is -3.25. The summed E-state index contributed by atoms with van der Waals surface area (Å²) in [5.41, 5.74) is 2.96. The first-order valence-corrected chi connectivity index (χ1v) is 10.0. The zero-order chi connectivity index (χ0) is 19.6. The van der Waals surface area contributed by atoms with Gasteiger partial charge in [-0.3, -0.25) is 0 Å². The second kappa shape index (κ2) is 7.64. The van der Waals surface area contributed by atoms with Crippen molar-refractivity contribution in [2.24, 2.45) is 5.92 Å². The molecule has 0 spiro atoms. The van der Waals surface area contributed by atoms with Crippen molar-refractivity contribution in [2.45, 2.75) is 18.9 Å². The smallest absolute Gasteiger partial charge is 0.254 e. The van der Waals surface area contributed by atoms with Crippen molar-refractivity contribution in [3.8, 4) is 11.3 Å². The maximum atomic E-state index is 10.8. The Morgan fingerprint density at radius 2 is 1.62 bits per heavy atom. The number of rotatable bonds is 4. The summed E-state index contributed by atoms with van der Waals surface area (Å²) in [5, 5.41) is 15.2. The van der Waals surface area contributed by atoms with Gasteiger partial charge in [0.25, 0.3) is 5.78 Å². The van der Waals surface area contributed by atoms with Gasteiger partial charge in [0.05, 0.1) is 11.8 Å². The van der Waals surface area contributed by atoms with E-state index in [1.54, 1.807) is 10.8 Å². The minimum absolute atomic E-state index is 0.260. The summed E-state index contributed by atoms with van der Waals surface area (Å²) in [6.45, 7) is 1.73. The van der Waals surface area contributed by atoms with Gasteiger partial charge in [-0.2, -0.15) is 14.6 Å². The van der Waals surface area contributed by atoms with E-state index in [4.69, 9.17) is 0 Å². The minimum atomic E-state index is -0.415. The normalized spacial score (nSPS) is 16.2. The second-order valence-electron chi connectivity index (χ2n) is 7.52. The van der Waals surface area contributed by atoms with E-state index in [-0.39, 0.29) is 5.92 Å². The Morgan fingerprint density at radius 1 is 0.931 bits per heavy atom. The molecule has 5 rings (SSSR count). The highest BCUT2D eigenvalue weighted by atomic mass is 16.3. The van der Waals surface area contributed by atoms with E-state index in [2.05, 4.69) is 38.2 Å². The highest BCUT2D eigenvalue weighted by Gasteiger charge is 2.27. The molecule has 0 bridgehead atoms. The monoisotopic (exact) mass is 385 g/mol. The van der Waals surface area contributed by atoms with Crippen molar-refractivity contribution < 1.29 is 5.11 Å². The largest absolute Gasteiger partial charge is 0.388 e. The molecule has 0 amide bonds. The van der Waals surface area contributed by atoms with Gasteiger partial charge in [-0.05, 0) is 24.3 Å². The van der Waals surface area contributed by atoms with Crippen LogP contribution in [0.15, 0.2) is 73.1 Å². The minimum Gasteiger partial charge on any atom is -0.388 e. The summed E-state index contributed by atoms with van der Waals surface area (Å²) in [4.78, 5) is 11.3. The van der Waals surface area contributed by atoms with Crippen LogP contribution in [0.2, 0.25) is 0 Å². The van der Waals surface area contributed by atoms with Crippen molar-refractivity contribution >= 4 is 11.6 Å². The number of piperidine rings is 1. The van der Waals surface area contributed by atoms with Gasteiger partial charge in [-0.25, -0.2) is 4.98 Å². The molecule has 1 unspecified atom stereocenters. The quantitative estimate of drug-likeness (QED) is 0.580. The number of fused-ring (bicyclic) bond motifs is 1. The van der Waals surface area contributed by atoms with Gasteiger partial charge in [-0.15, -0.1) is 0 Å². The molecular weight excluding hydrogens is 362 g/mol. The van der Waals surface area contributed by atoms with Crippen molar-refractivity contribution in [3.63, 3.8) is 0 Å². The third-order valence-corrected chi connectivity index (χ3v) is 5.75. The molecule has 1 aliphatic rings. The van der Waals surface area contributed by atoms with E-state index in [0.29, 0.717) is 5.78 Å². The zero-order valence-corrected chi connectivity index (χ0v) is 16.1. The average Bonchev–Trinajstić information content (AvgIpc) is 3.28. The van der Waals surface area contributed by atoms with Crippen LogP contribution in [0.4, 0.5) is 5.82 Å². The van der Waals surface area contributed by atoms with Crippen LogP contribution in [-0.4, -0.2) is 37.8 Å². The summed E-state index contributed by atoms with van der Waals surface area (Å²) >= 11 is 0. The molecule has 3 heterocycles. The van der Waals surface area contributed by atoms with Crippen molar-refractivity contribution in [3.05, 3.63) is 78.6 Å². The Balaban J connectivity index is 1.40. The van der Waals surface area contributed by atoms with E-state index < -0.39 is 6.10 Å². The molecule has 0 aliphatic carbocycles. The van der Waals surface area contributed by atoms with Gasteiger partial charge in [-0.1, -0.05) is 60.7 Å². The second-order valence-corrected chi connectivity index (χ2v) is 7.52. The van der Waals surface area contributed by atoms with E-state index in [1.165, 1.54) is 0 Å². The van der Waals surface area contributed by atoms with Gasteiger partial charge in [0.15, 0.2) is 0 Å². The van der Waals surface area contributed by atoms with Crippen LogP contribution >= 0.6 is 0 Å². The lowest BCUT2D eigenvalue weighted by molar-refractivity contribution is 0.0928. The van der Waals surface area contributed by atoms with Crippen LogP contribution in [0.25, 0.3) is 17.0 Å². The fourth-order valence-corrected chi connectivity index (χ4v) is 4.15. The zero-order valence-electron chi connectivity index (χ0n) is 16.1. The van der Waals surface area contributed by atoms with Crippen molar-refractivity contribution in [1.29, 1.82) is 0 Å². The predicted molar refractivity (Wildman–Crippen MR) is 113 cm³/mol. The van der Waals surface area contributed by atoms with Gasteiger partial charge < -0.3 is 10.0 Å². The molecule has 0 radical (unpaired) electrons. The first kappa shape index (κ1) is 17.8. The SMILES string of the molecule is OC(c1ccccc1)C1CCN(c2cc(-c3ccccc3)nc3ncnn23)CC1. The first-order valence-electron chi connectivity index (χ1n) is 10.0. The Kier molecular flexibility index (Phi) is 4.69. The molecule has 146 valence electrons. The highest BCUT2D eigenvalue weighted by Crippen LogP contribution is 2.33. The molecule has 1 N–H and O–H groups in total.